The van der Waals surface area contributed by atoms with Crippen molar-refractivity contribution in [3.05, 3.63) is 53.3 Å². The summed E-state index contributed by atoms with van der Waals surface area (Å²) in [7, 11) is -2.63. The van der Waals surface area contributed by atoms with E-state index in [1.807, 2.05) is 24.3 Å². The molecule has 7 nitrogen and oxygen atoms in total. The largest absolute Gasteiger partial charge is 0.465 e. The second kappa shape index (κ2) is 6.76. The van der Waals surface area contributed by atoms with Gasteiger partial charge in [0.1, 0.15) is 6.26 Å². The van der Waals surface area contributed by atoms with E-state index in [1.165, 1.54) is 12.7 Å². The molecule has 1 unspecified atom stereocenters. The molecule has 0 fully saturated rings. The van der Waals surface area contributed by atoms with E-state index in [1.54, 1.807) is 0 Å². The number of hydrogen-bond donors (Lipinski definition) is 2. The van der Waals surface area contributed by atoms with Crippen LogP contribution >= 0.6 is 0 Å². The van der Waals surface area contributed by atoms with Crippen LogP contribution in [0, 0.1) is 0 Å². The number of benzene rings is 1. The van der Waals surface area contributed by atoms with Gasteiger partial charge >= 0.3 is 5.97 Å². The molecule has 0 aliphatic carbocycles. The highest BCUT2D eigenvalue weighted by Gasteiger charge is 2.25. The fourth-order valence-corrected chi connectivity index (χ4v) is 3.71. The fraction of sp³-hybridized carbons (Fsp3) is 0.312. The van der Waals surface area contributed by atoms with Crippen LogP contribution in [0.15, 0.2) is 46.1 Å². The SMILES string of the molecule is COC(=O)c1coc(S(=O)(=O)NCC2NCCc3ccccc32)c1. The van der Waals surface area contributed by atoms with Gasteiger partial charge in [-0.3, -0.25) is 0 Å². The van der Waals surface area contributed by atoms with E-state index in [2.05, 4.69) is 14.8 Å². The van der Waals surface area contributed by atoms with Gasteiger partial charge in [0.25, 0.3) is 10.0 Å². The monoisotopic (exact) mass is 350 g/mol. The zero-order valence-electron chi connectivity index (χ0n) is 13.1. The van der Waals surface area contributed by atoms with E-state index >= 15 is 0 Å². The molecule has 128 valence electrons. The molecular weight excluding hydrogens is 332 g/mol. The van der Waals surface area contributed by atoms with E-state index < -0.39 is 16.0 Å². The Kier molecular flexibility index (Phi) is 4.70. The number of carbonyl (C=O) groups excluding carboxylic acids is 1. The molecule has 1 atom stereocenters. The van der Waals surface area contributed by atoms with Gasteiger partial charge < -0.3 is 14.5 Å². The van der Waals surface area contributed by atoms with E-state index in [9.17, 15) is 13.2 Å². The maximum atomic E-state index is 12.3. The van der Waals surface area contributed by atoms with Crippen molar-refractivity contribution in [1.29, 1.82) is 0 Å². The topological polar surface area (TPSA) is 97.6 Å². The number of carbonyl (C=O) groups is 1. The third-order valence-corrected chi connectivity index (χ3v) is 5.24. The molecule has 8 heteroatoms. The Morgan fingerprint density at radius 1 is 1.42 bits per heavy atom. The average molecular weight is 350 g/mol. The van der Waals surface area contributed by atoms with Gasteiger partial charge in [-0.25, -0.2) is 17.9 Å². The Labute approximate surface area is 140 Å². The van der Waals surface area contributed by atoms with Crippen LogP contribution in [0.4, 0.5) is 0 Å². The van der Waals surface area contributed by atoms with E-state index in [0.717, 1.165) is 30.9 Å². The molecule has 1 aliphatic heterocycles. The normalized spacial score (nSPS) is 17.3. The molecule has 3 rings (SSSR count). The van der Waals surface area contributed by atoms with Gasteiger partial charge in [-0.15, -0.1) is 0 Å². The molecule has 0 saturated heterocycles. The molecule has 0 amide bonds. The lowest BCUT2D eigenvalue weighted by atomic mass is 9.95. The van der Waals surface area contributed by atoms with E-state index in [-0.39, 0.29) is 23.2 Å². The van der Waals surface area contributed by atoms with Gasteiger partial charge in [0.15, 0.2) is 0 Å². The van der Waals surface area contributed by atoms with Crippen molar-refractivity contribution in [2.24, 2.45) is 0 Å². The first-order valence-corrected chi connectivity index (χ1v) is 8.97. The number of furan rings is 1. The number of methoxy groups -OCH3 is 1. The van der Waals surface area contributed by atoms with Gasteiger partial charge in [-0.05, 0) is 24.1 Å². The lowest BCUT2D eigenvalue weighted by Gasteiger charge is -2.26. The summed E-state index contributed by atoms with van der Waals surface area (Å²) in [6.07, 6.45) is 1.98. The molecular formula is C16H18N2O5S. The summed E-state index contributed by atoms with van der Waals surface area (Å²) in [4.78, 5) is 11.4. The first-order chi connectivity index (χ1) is 11.5. The lowest BCUT2D eigenvalue weighted by Crippen LogP contribution is -2.38. The predicted octanol–water partition coefficient (Wildman–Crippen LogP) is 1.23. The van der Waals surface area contributed by atoms with Crippen LogP contribution in [0.5, 0.6) is 0 Å². The van der Waals surface area contributed by atoms with Crippen molar-refractivity contribution in [2.75, 3.05) is 20.2 Å². The molecule has 1 aromatic heterocycles. The Morgan fingerprint density at radius 2 is 2.21 bits per heavy atom. The van der Waals surface area contributed by atoms with Crippen molar-refractivity contribution in [2.45, 2.75) is 17.6 Å². The van der Waals surface area contributed by atoms with Crippen LogP contribution < -0.4 is 10.0 Å². The Hall–Kier alpha value is -2.16. The maximum Gasteiger partial charge on any atom is 0.341 e. The zero-order valence-corrected chi connectivity index (χ0v) is 13.9. The average Bonchev–Trinajstić information content (AvgIpc) is 3.10. The number of fused-ring (bicyclic) bond motifs is 1. The summed E-state index contributed by atoms with van der Waals surface area (Å²) in [5.74, 6) is -0.650. The van der Waals surface area contributed by atoms with Crippen molar-refractivity contribution < 1.29 is 22.4 Å². The summed E-state index contributed by atoms with van der Waals surface area (Å²) in [5, 5.41) is 2.99. The lowest BCUT2D eigenvalue weighted by molar-refractivity contribution is 0.0600. The van der Waals surface area contributed by atoms with Gasteiger partial charge in [0.05, 0.1) is 12.7 Å². The molecule has 0 radical (unpaired) electrons. The highest BCUT2D eigenvalue weighted by Crippen LogP contribution is 2.22. The summed E-state index contributed by atoms with van der Waals surface area (Å²) in [5.41, 5.74) is 2.35. The Bertz CT molecular complexity index is 844. The van der Waals surface area contributed by atoms with Crippen LogP contribution in [0.25, 0.3) is 0 Å². The molecule has 1 aromatic carbocycles. The van der Waals surface area contributed by atoms with Crippen molar-refractivity contribution >= 4 is 16.0 Å². The van der Waals surface area contributed by atoms with Crippen LogP contribution in [0.1, 0.15) is 27.5 Å². The van der Waals surface area contributed by atoms with Gasteiger partial charge in [0, 0.05) is 18.7 Å². The van der Waals surface area contributed by atoms with Gasteiger partial charge in [-0.1, -0.05) is 24.3 Å². The Morgan fingerprint density at radius 3 is 3.00 bits per heavy atom. The number of esters is 1. The minimum Gasteiger partial charge on any atom is -0.465 e. The molecule has 24 heavy (non-hydrogen) atoms. The molecule has 2 heterocycles. The van der Waals surface area contributed by atoms with Crippen molar-refractivity contribution in [1.82, 2.24) is 10.0 Å². The van der Waals surface area contributed by atoms with E-state index in [4.69, 9.17) is 4.42 Å². The van der Waals surface area contributed by atoms with Gasteiger partial charge in [0.2, 0.25) is 5.09 Å². The number of rotatable bonds is 5. The van der Waals surface area contributed by atoms with Crippen molar-refractivity contribution in [3.63, 3.8) is 0 Å². The van der Waals surface area contributed by atoms with Crippen LogP contribution in [-0.4, -0.2) is 34.6 Å². The molecule has 0 bridgehead atoms. The first kappa shape index (κ1) is 16.7. The molecule has 0 spiro atoms. The summed E-state index contributed by atoms with van der Waals surface area (Å²) in [6, 6.07) is 8.98. The minimum atomic E-state index is -3.85. The maximum absolute atomic E-state index is 12.3. The van der Waals surface area contributed by atoms with Crippen molar-refractivity contribution in [3.8, 4) is 0 Å². The summed E-state index contributed by atoms with van der Waals surface area (Å²) >= 11 is 0. The molecule has 0 saturated carbocycles. The number of nitrogens with one attached hydrogen (secondary N) is 2. The summed E-state index contributed by atoms with van der Waals surface area (Å²) in [6.45, 7) is 0.976. The third kappa shape index (κ3) is 3.35. The molecule has 2 N–H and O–H groups in total. The number of ether oxygens (including phenoxy) is 1. The second-order valence-corrected chi connectivity index (χ2v) is 7.15. The van der Waals surface area contributed by atoms with Crippen LogP contribution in [0.2, 0.25) is 0 Å². The highest BCUT2D eigenvalue weighted by molar-refractivity contribution is 7.89. The molecule has 2 aromatic rings. The smallest absolute Gasteiger partial charge is 0.341 e. The first-order valence-electron chi connectivity index (χ1n) is 7.49. The van der Waals surface area contributed by atoms with E-state index in [0.29, 0.717) is 0 Å². The molecule has 1 aliphatic rings. The third-order valence-electron chi connectivity index (χ3n) is 3.95. The minimum absolute atomic E-state index is 0.0546. The Balaban J connectivity index is 1.72. The van der Waals surface area contributed by atoms with Crippen LogP contribution in [-0.2, 0) is 21.2 Å². The predicted molar refractivity (Wildman–Crippen MR) is 86.1 cm³/mol. The number of hydrogen-bond acceptors (Lipinski definition) is 6. The second-order valence-electron chi connectivity index (χ2n) is 5.45. The summed E-state index contributed by atoms with van der Waals surface area (Å²) < 4.78 is 36.7. The number of sulfonamides is 1. The quantitative estimate of drug-likeness (QED) is 0.787. The standard InChI is InChI=1S/C16H18N2O5S/c1-22-16(19)12-8-15(23-10-12)24(20,21)18-9-14-13-5-3-2-4-11(13)6-7-17-14/h2-5,8,10,14,17-18H,6-7,9H2,1H3. The fourth-order valence-electron chi connectivity index (χ4n) is 2.72. The van der Waals surface area contributed by atoms with Gasteiger partial charge in [-0.2, -0.15) is 0 Å². The highest BCUT2D eigenvalue weighted by atomic mass is 32.2. The van der Waals surface area contributed by atoms with Crippen LogP contribution in [0.3, 0.4) is 0 Å². The zero-order chi connectivity index (χ0) is 17.2.